The fourth-order valence-corrected chi connectivity index (χ4v) is 3.74. The lowest BCUT2D eigenvalue weighted by molar-refractivity contribution is 0.0952. The van der Waals surface area contributed by atoms with Gasteiger partial charge in [-0.05, 0) is 43.7 Å². The van der Waals surface area contributed by atoms with E-state index >= 15 is 0 Å². The number of rotatable bonds is 6. The molecule has 0 radical (unpaired) electrons. The molecule has 0 aromatic carbocycles. The van der Waals surface area contributed by atoms with Crippen LogP contribution in [0.3, 0.4) is 0 Å². The molecule has 22 heavy (non-hydrogen) atoms. The van der Waals surface area contributed by atoms with Gasteiger partial charge in [-0.3, -0.25) is 4.79 Å². The van der Waals surface area contributed by atoms with Crippen LogP contribution in [0.1, 0.15) is 61.7 Å². The lowest BCUT2D eigenvalue weighted by Gasteiger charge is -2.19. The summed E-state index contributed by atoms with van der Waals surface area (Å²) < 4.78 is 0. The second-order valence-corrected chi connectivity index (χ2v) is 6.62. The number of nitrogens with one attached hydrogen (secondary N) is 1. The number of nitrogens with zero attached hydrogens (tertiary/aromatic N) is 2. The fraction of sp³-hybridized carbons (Fsp3) is 0.667. The van der Waals surface area contributed by atoms with Crippen LogP contribution < -0.4 is 10.2 Å². The van der Waals surface area contributed by atoms with E-state index in [4.69, 9.17) is 0 Å². The van der Waals surface area contributed by atoms with Gasteiger partial charge in [0.15, 0.2) is 0 Å². The maximum Gasteiger partial charge on any atom is 0.255 e. The Kier molecular flexibility index (Phi) is 5.30. The highest BCUT2D eigenvalue weighted by Gasteiger charge is 2.20. The van der Waals surface area contributed by atoms with Gasteiger partial charge in [0, 0.05) is 25.8 Å². The summed E-state index contributed by atoms with van der Waals surface area (Å²) in [5.41, 5.74) is 0.727. The first-order chi connectivity index (χ1) is 10.8. The Bertz CT molecular complexity index is 491. The molecule has 4 heteroatoms. The molecule has 1 N–H and O–H groups in total. The molecule has 1 aliphatic carbocycles. The summed E-state index contributed by atoms with van der Waals surface area (Å²) in [4.78, 5) is 19.1. The highest BCUT2D eigenvalue weighted by atomic mass is 16.1. The van der Waals surface area contributed by atoms with Crippen molar-refractivity contribution in [2.45, 2.75) is 51.4 Å². The summed E-state index contributed by atoms with van der Waals surface area (Å²) >= 11 is 0. The minimum atomic E-state index is 0.0291. The third-order valence-electron chi connectivity index (χ3n) is 4.99. The molecule has 120 valence electrons. The van der Waals surface area contributed by atoms with E-state index in [1.54, 1.807) is 6.20 Å². The highest BCUT2D eigenvalue weighted by Crippen LogP contribution is 2.28. The van der Waals surface area contributed by atoms with Crippen molar-refractivity contribution in [2.75, 3.05) is 24.5 Å². The molecule has 2 fully saturated rings. The van der Waals surface area contributed by atoms with Gasteiger partial charge in [-0.25, -0.2) is 4.98 Å². The average Bonchev–Trinajstić information content (AvgIpc) is 3.24. The summed E-state index contributed by atoms with van der Waals surface area (Å²) in [6.07, 6.45) is 12.1. The largest absolute Gasteiger partial charge is 0.356 e. The number of hydrogen-bond acceptors (Lipinski definition) is 3. The van der Waals surface area contributed by atoms with Crippen molar-refractivity contribution in [1.82, 2.24) is 10.3 Å². The summed E-state index contributed by atoms with van der Waals surface area (Å²) in [5.74, 6) is 1.78. The second kappa shape index (κ2) is 7.61. The molecule has 1 saturated heterocycles. The van der Waals surface area contributed by atoms with Crippen LogP contribution in [0.2, 0.25) is 0 Å². The SMILES string of the molecule is O=C(NCCCC1CCCC1)c1cccnc1N1CCCC1. The van der Waals surface area contributed by atoms with Gasteiger partial charge in [-0.1, -0.05) is 25.7 Å². The Morgan fingerprint density at radius 3 is 2.77 bits per heavy atom. The summed E-state index contributed by atoms with van der Waals surface area (Å²) in [7, 11) is 0. The lowest BCUT2D eigenvalue weighted by atomic mass is 10.0. The monoisotopic (exact) mass is 301 g/mol. The van der Waals surface area contributed by atoms with E-state index in [2.05, 4.69) is 15.2 Å². The number of carbonyl (C=O) groups excluding carboxylic acids is 1. The van der Waals surface area contributed by atoms with Crippen molar-refractivity contribution >= 4 is 11.7 Å². The third-order valence-corrected chi connectivity index (χ3v) is 4.99. The maximum atomic E-state index is 12.4. The van der Waals surface area contributed by atoms with E-state index in [1.807, 2.05) is 12.1 Å². The van der Waals surface area contributed by atoms with E-state index in [0.29, 0.717) is 0 Å². The number of amides is 1. The minimum Gasteiger partial charge on any atom is -0.356 e. The number of hydrogen-bond donors (Lipinski definition) is 1. The molecule has 1 aromatic rings. The van der Waals surface area contributed by atoms with Gasteiger partial charge in [0.05, 0.1) is 5.56 Å². The molecule has 1 aromatic heterocycles. The fourth-order valence-electron chi connectivity index (χ4n) is 3.74. The minimum absolute atomic E-state index is 0.0291. The molecule has 0 atom stereocenters. The molecule has 4 nitrogen and oxygen atoms in total. The third kappa shape index (κ3) is 3.79. The Labute approximate surface area is 133 Å². The first-order valence-corrected chi connectivity index (χ1v) is 8.83. The molecule has 1 aliphatic heterocycles. The average molecular weight is 301 g/mol. The zero-order valence-corrected chi connectivity index (χ0v) is 13.4. The zero-order valence-electron chi connectivity index (χ0n) is 13.4. The molecule has 2 heterocycles. The first-order valence-electron chi connectivity index (χ1n) is 8.83. The van der Waals surface area contributed by atoms with Crippen molar-refractivity contribution in [3.05, 3.63) is 23.9 Å². The molecule has 0 unspecified atom stereocenters. The van der Waals surface area contributed by atoms with Gasteiger partial charge in [-0.15, -0.1) is 0 Å². The van der Waals surface area contributed by atoms with Crippen LogP contribution in [0.5, 0.6) is 0 Å². The van der Waals surface area contributed by atoms with Crippen molar-refractivity contribution in [2.24, 2.45) is 5.92 Å². The zero-order chi connectivity index (χ0) is 15.2. The van der Waals surface area contributed by atoms with Gasteiger partial charge in [0.1, 0.15) is 5.82 Å². The Morgan fingerprint density at radius 2 is 2.00 bits per heavy atom. The molecule has 1 saturated carbocycles. The van der Waals surface area contributed by atoms with E-state index in [0.717, 1.165) is 43.4 Å². The molecular weight excluding hydrogens is 274 g/mol. The number of pyridine rings is 1. The lowest BCUT2D eigenvalue weighted by Crippen LogP contribution is -2.29. The second-order valence-electron chi connectivity index (χ2n) is 6.62. The first kappa shape index (κ1) is 15.3. The van der Waals surface area contributed by atoms with Crippen molar-refractivity contribution in [3.63, 3.8) is 0 Å². The Balaban J connectivity index is 1.51. The molecule has 2 aliphatic rings. The van der Waals surface area contributed by atoms with Gasteiger partial charge in [-0.2, -0.15) is 0 Å². The van der Waals surface area contributed by atoms with Gasteiger partial charge < -0.3 is 10.2 Å². The highest BCUT2D eigenvalue weighted by molar-refractivity contribution is 5.98. The van der Waals surface area contributed by atoms with E-state index in [-0.39, 0.29) is 5.91 Å². The Morgan fingerprint density at radius 1 is 1.23 bits per heavy atom. The predicted molar refractivity (Wildman–Crippen MR) is 89.2 cm³/mol. The van der Waals surface area contributed by atoms with Crippen molar-refractivity contribution in [1.29, 1.82) is 0 Å². The van der Waals surface area contributed by atoms with Crippen LogP contribution in [0.15, 0.2) is 18.3 Å². The van der Waals surface area contributed by atoms with Crippen LogP contribution in [0, 0.1) is 5.92 Å². The van der Waals surface area contributed by atoms with Crippen LogP contribution in [0.25, 0.3) is 0 Å². The van der Waals surface area contributed by atoms with Crippen LogP contribution in [0.4, 0.5) is 5.82 Å². The van der Waals surface area contributed by atoms with Gasteiger partial charge in [0.25, 0.3) is 5.91 Å². The smallest absolute Gasteiger partial charge is 0.255 e. The molecule has 0 spiro atoms. The molecule has 0 bridgehead atoms. The van der Waals surface area contributed by atoms with Gasteiger partial charge >= 0.3 is 0 Å². The van der Waals surface area contributed by atoms with Crippen LogP contribution >= 0.6 is 0 Å². The van der Waals surface area contributed by atoms with E-state index in [1.165, 1.54) is 44.9 Å². The van der Waals surface area contributed by atoms with E-state index in [9.17, 15) is 4.79 Å². The number of anilines is 1. The predicted octanol–water partition coefficient (Wildman–Crippen LogP) is 3.38. The van der Waals surface area contributed by atoms with Crippen LogP contribution in [-0.2, 0) is 0 Å². The standard InChI is InChI=1S/C18H27N3O/c22-18(20-12-5-9-15-7-1-2-8-15)16-10-6-11-19-17(16)21-13-3-4-14-21/h6,10-11,15H,1-5,7-9,12-14H2,(H,20,22). The quantitative estimate of drug-likeness (QED) is 0.819. The summed E-state index contributed by atoms with van der Waals surface area (Å²) in [5, 5.41) is 3.08. The molecule has 3 rings (SSSR count). The van der Waals surface area contributed by atoms with Gasteiger partial charge in [0.2, 0.25) is 0 Å². The summed E-state index contributed by atoms with van der Waals surface area (Å²) in [6.45, 7) is 2.81. The van der Waals surface area contributed by atoms with Crippen molar-refractivity contribution < 1.29 is 4.79 Å². The van der Waals surface area contributed by atoms with E-state index < -0.39 is 0 Å². The summed E-state index contributed by atoms with van der Waals surface area (Å²) in [6, 6.07) is 3.75. The normalized spacial score (nSPS) is 18.8. The van der Waals surface area contributed by atoms with Crippen molar-refractivity contribution in [3.8, 4) is 0 Å². The number of carbonyl (C=O) groups is 1. The topological polar surface area (TPSA) is 45.2 Å². The maximum absolute atomic E-state index is 12.4. The van der Waals surface area contributed by atoms with Crippen LogP contribution in [-0.4, -0.2) is 30.5 Å². The number of aromatic nitrogens is 1. The Hall–Kier alpha value is -1.58. The molecule has 1 amide bonds. The molecular formula is C18H27N3O.